The summed E-state index contributed by atoms with van der Waals surface area (Å²) in [5, 5.41) is 15.2. The molecule has 1 aliphatic carbocycles. The van der Waals surface area contributed by atoms with Crippen molar-refractivity contribution in [3.05, 3.63) is 64.2 Å². The summed E-state index contributed by atoms with van der Waals surface area (Å²) in [5.41, 5.74) is 2.80. The van der Waals surface area contributed by atoms with Crippen LogP contribution in [0.25, 0.3) is 11.5 Å². The number of hydrogen-bond acceptors (Lipinski definition) is 7. The molecule has 9 nitrogen and oxygen atoms in total. The lowest BCUT2D eigenvalue weighted by atomic mass is 10.2. The molecule has 6 rings (SSSR count). The molecular weight excluding hydrogens is 449 g/mol. The van der Waals surface area contributed by atoms with Gasteiger partial charge in [-0.05, 0) is 35.6 Å². The van der Waals surface area contributed by atoms with E-state index in [-0.39, 0.29) is 0 Å². The smallest absolute Gasteiger partial charge is 0.223 e. The van der Waals surface area contributed by atoms with Gasteiger partial charge >= 0.3 is 0 Å². The van der Waals surface area contributed by atoms with Gasteiger partial charge in [0.15, 0.2) is 5.82 Å². The van der Waals surface area contributed by atoms with E-state index in [1.807, 2.05) is 30.6 Å². The molecule has 2 unspecified atom stereocenters. The fourth-order valence-electron chi connectivity index (χ4n) is 4.54. The standard InChI is InChI=1S/C21H19Cl2N9/c22-14-2-1-11(5-15(14)23)6-26-21-24-4-3-16(28-21)20-25-8-18(29-20)32-9-12-13(10-32)19(12)17-7-27-31-30-17/h1-5,7-8,12-13,19H,6,9-10H2,(H,25,29)(H,24,26,28)(H,27,30,31). The second-order valence-corrected chi connectivity index (χ2v) is 8.95. The highest BCUT2D eigenvalue weighted by Gasteiger charge is 2.57. The van der Waals surface area contributed by atoms with Gasteiger partial charge in [0.1, 0.15) is 11.5 Å². The van der Waals surface area contributed by atoms with Crippen LogP contribution in [0.5, 0.6) is 0 Å². The number of aromatic nitrogens is 7. The molecule has 1 aromatic carbocycles. The molecule has 0 radical (unpaired) electrons. The minimum atomic E-state index is 0.518. The third kappa shape index (κ3) is 3.57. The summed E-state index contributed by atoms with van der Waals surface area (Å²) >= 11 is 12.1. The van der Waals surface area contributed by atoms with Gasteiger partial charge in [-0.15, -0.1) is 0 Å². The molecule has 4 aromatic rings. The second kappa shape index (κ2) is 7.75. The number of benzene rings is 1. The Hall–Kier alpha value is -3.17. The van der Waals surface area contributed by atoms with Crippen molar-refractivity contribution in [1.82, 2.24) is 35.3 Å². The van der Waals surface area contributed by atoms with Crippen LogP contribution < -0.4 is 10.2 Å². The van der Waals surface area contributed by atoms with Crippen LogP contribution >= 0.6 is 23.2 Å². The number of nitrogens with one attached hydrogen (secondary N) is 3. The molecular formula is C21H19Cl2N9. The van der Waals surface area contributed by atoms with Gasteiger partial charge in [0.2, 0.25) is 5.95 Å². The van der Waals surface area contributed by atoms with E-state index in [0.29, 0.717) is 46.1 Å². The molecule has 2 atom stereocenters. The molecule has 1 saturated heterocycles. The Balaban J connectivity index is 1.11. The van der Waals surface area contributed by atoms with Gasteiger partial charge in [0.05, 0.1) is 28.1 Å². The van der Waals surface area contributed by atoms with E-state index in [1.54, 1.807) is 12.3 Å². The summed E-state index contributed by atoms with van der Waals surface area (Å²) < 4.78 is 0. The summed E-state index contributed by atoms with van der Waals surface area (Å²) in [6, 6.07) is 7.36. The number of anilines is 2. The molecule has 3 aromatic heterocycles. The molecule has 0 spiro atoms. The SMILES string of the molecule is Clc1ccc(CNc2nccc(-c3ncc(N4CC5C(C4)C5c4cn[nH]n4)[nH]3)n2)cc1Cl. The zero-order valence-corrected chi connectivity index (χ0v) is 18.3. The molecule has 32 heavy (non-hydrogen) atoms. The van der Waals surface area contributed by atoms with Crippen molar-refractivity contribution < 1.29 is 0 Å². The minimum Gasteiger partial charge on any atom is -0.356 e. The van der Waals surface area contributed by atoms with Crippen molar-refractivity contribution in [2.24, 2.45) is 11.8 Å². The zero-order chi connectivity index (χ0) is 21.7. The molecule has 1 aliphatic heterocycles. The topological polar surface area (TPSA) is 111 Å². The lowest BCUT2D eigenvalue weighted by Gasteiger charge is -2.19. The van der Waals surface area contributed by atoms with Gasteiger partial charge in [-0.1, -0.05) is 29.3 Å². The van der Waals surface area contributed by atoms with Crippen molar-refractivity contribution in [2.45, 2.75) is 12.5 Å². The maximum atomic E-state index is 6.09. The Labute approximate surface area is 193 Å². The highest BCUT2D eigenvalue weighted by Crippen LogP contribution is 2.57. The average molecular weight is 468 g/mol. The Morgan fingerprint density at radius 3 is 2.72 bits per heavy atom. The monoisotopic (exact) mass is 467 g/mol. The number of nitrogens with zero attached hydrogens (tertiary/aromatic N) is 6. The fraction of sp³-hybridized carbons (Fsp3) is 0.286. The Morgan fingerprint density at radius 1 is 1.06 bits per heavy atom. The van der Waals surface area contributed by atoms with Gasteiger partial charge in [0, 0.05) is 31.7 Å². The average Bonchev–Trinajstić information content (AvgIpc) is 3.35. The number of hydrogen-bond donors (Lipinski definition) is 3. The number of H-pyrrole nitrogens is 2. The van der Waals surface area contributed by atoms with Crippen LogP contribution in [-0.4, -0.2) is 48.4 Å². The number of fused-ring (bicyclic) bond motifs is 1. The normalized spacial score (nSPS) is 21.6. The Morgan fingerprint density at radius 2 is 1.94 bits per heavy atom. The molecule has 3 N–H and O–H groups in total. The molecule has 1 saturated carbocycles. The van der Waals surface area contributed by atoms with Crippen LogP contribution in [0.1, 0.15) is 17.2 Å². The molecule has 0 amide bonds. The summed E-state index contributed by atoms with van der Waals surface area (Å²) in [4.78, 5) is 19.2. The van der Waals surface area contributed by atoms with Crippen molar-refractivity contribution in [2.75, 3.05) is 23.3 Å². The molecule has 2 aliphatic rings. The Kier molecular flexibility index (Phi) is 4.73. The molecule has 162 valence electrons. The van der Waals surface area contributed by atoms with E-state index >= 15 is 0 Å². The first-order chi connectivity index (χ1) is 15.7. The number of rotatable bonds is 6. The van der Waals surface area contributed by atoms with Crippen LogP contribution in [-0.2, 0) is 6.54 Å². The lowest BCUT2D eigenvalue weighted by Crippen LogP contribution is -2.23. The quantitative estimate of drug-likeness (QED) is 0.395. The first-order valence-electron chi connectivity index (χ1n) is 10.3. The summed E-state index contributed by atoms with van der Waals surface area (Å²) in [5.74, 6) is 4.03. The van der Waals surface area contributed by atoms with Gasteiger partial charge in [-0.2, -0.15) is 15.4 Å². The lowest BCUT2D eigenvalue weighted by molar-refractivity contribution is 0.729. The third-order valence-corrected chi connectivity index (χ3v) is 6.94. The first-order valence-corrected chi connectivity index (χ1v) is 11.1. The third-order valence-electron chi connectivity index (χ3n) is 6.21. The van der Waals surface area contributed by atoms with Crippen LogP contribution in [0.15, 0.2) is 42.9 Å². The Bertz CT molecular complexity index is 1240. The molecule has 4 heterocycles. The van der Waals surface area contributed by atoms with Crippen molar-refractivity contribution >= 4 is 35.0 Å². The minimum absolute atomic E-state index is 0.518. The maximum absolute atomic E-state index is 6.09. The summed E-state index contributed by atoms with van der Waals surface area (Å²) in [6.45, 7) is 2.51. The van der Waals surface area contributed by atoms with E-state index in [1.165, 1.54) is 0 Å². The van der Waals surface area contributed by atoms with Gasteiger partial charge < -0.3 is 15.2 Å². The summed E-state index contributed by atoms with van der Waals surface area (Å²) in [6.07, 6.45) is 5.43. The van der Waals surface area contributed by atoms with Crippen molar-refractivity contribution in [1.29, 1.82) is 0 Å². The van der Waals surface area contributed by atoms with Crippen LogP contribution in [0, 0.1) is 11.8 Å². The van der Waals surface area contributed by atoms with Crippen LogP contribution in [0.2, 0.25) is 10.0 Å². The van der Waals surface area contributed by atoms with E-state index in [0.717, 1.165) is 35.9 Å². The fourth-order valence-corrected chi connectivity index (χ4v) is 4.86. The van der Waals surface area contributed by atoms with Gasteiger partial charge in [0.25, 0.3) is 0 Å². The maximum Gasteiger partial charge on any atom is 0.223 e. The van der Waals surface area contributed by atoms with Crippen molar-refractivity contribution in [3.63, 3.8) is 0 Å². The van der Waals surface area contributed by atoms with E-state index in [2.05, 4.69) is 45.6 Å². The van der Waals surface area contributed by atoms with Gasteiger partial charge in [-0.3, -0.25) is 0 Å². The largest absolute Gasteiger partial charge is 0.356 e. The van der Waals surface area contributed by atoms with Crippen LogP contribution in [0.3, 0.4) is 0 Å². The van der Waals surface area contributed by atoms with Gasteiger partial charge in [-0.25, -0.2) is 15.0 Å². The van der Waals surface area contributed by atoms with Crippen molar-refractivity contribution in [3.8, 4) is 11.5 Å². The van der Waals surface area contributed by atoms with E-state index in [9.17, 15) is 0 Å². The second-order valence-electron chi connectivity index (χ2n) is 8.14. The summed E-state index contributed by atoms with van der Waals surface area (Å²) in [7, 11) is 0. The predicted octanol–water partition coefficient (Wildman–Crippen LogP) is 3.75. The number of halogens is 2. The number of aromatic amines is 2. The predicted molar refractivity (Wildman–Crippen MR) is 122 cm³/mol. The highest BCUT2D eigenvalue weighted by molar-refractivity contribution is 6.42. The van der Waals surface area contributed by atoms with E-state index < -0.39 is 0 Å². The van der Waals surface area contributed by atoms with E-state index in [4.69, 9.17) is 23.2 Å². The molecule has 11 heteroatoms. The van der Waals surface area contributed by atoms with Crippen LogP contribution in [0.4, 0.5) is 11.8 Å². The first kappa shape index (κ1) is 19.5. The number of imidazole rings is 1. The highest BCUT2D eigenvalue weighted by atomic mass is 35.5. The molecule has 2 fully saturated rings. The molecule has 0 bridgehead atoms. The number of piperidine rings is 1. The zero-order valence-electron chi connectivity index (χ0n) is 16.8.